The van der Waals surface area contributed by atoms with Crippen LogP contribution in [0.25, 0.3) is 27.6 Å². The van der Waals surface area contributed by atoms with E-state index >= 15 is 0 Å². The Hall–Kier alpha value is -4.77. The number of nitrogens with one attached hydrogen (secondary N) is 1. The number of nitrogens with two attached hydrogens (primary N) is 1. The molecule has 0 fully saturated rings. The maximum Gasteiger partial charge on any atom is 0.268 e. The van der Waals surface area contributed by atoms with Crippen molar-refractivity contribution in [3.63, 3.8) is 0 Å². The molecule has 0 aliphatic rings. The fraction of sp³-hybridized carbons (Fsp3) is 0.0385. The van der Waals surface area contributed by atoms with Gasteiger partial charge < -0.3 is 10.7 Å². The minimum absolute atomic E-state index is 0.00804. The zero-order valence-corrected chi connectivity index (χ0v) is 20.2. The fourth-order valence-corrected chi connectivity index (χ4v) is 5.92. The van der Waals surface area contributed by atoms with Crippen LogP contribution >= 0.6 is 0 Å². The van der Waals surface area contributed by atoms with E-state index in [-0.39, 0.29) is 27.5 Å². The molecular formula is C26H19FN6O3S. The highest BCUT2D eigenvalue weighted by molar-refractivity contribution is 7.90. The molecule has 6 rings (SSSR count). The van der Waals surface area contributed by atoms with Gasteiger partial charge in [0.25, 0.3) is 10.0 Å². The number of carbonyl (C=O) groups is 1. The molecule has 37 heavy (non-hydrogen) atoms. The molecule has 9 nitrogen and oxygen atoms in total. The van der Waals surface area contributed by atoms with E-state index in [1.165, 1.54) is 41.2 Å². The topological polar surface area (TPSA) is 129 Å². The summed E-state index contributed by atoms with van der Waals surface area (Å²) in [7, 11) is -4.25. The molecule has 3 heterocycles. The molecular weight excluding hydrogens is 495 g/mol. The number of fused-ring (bicyclic) bond motifs is 2. The Labute approximate surface area is 210 Å². The Kier molecular flexibility index (Phi) is 4.99. The normalized spacial score (nSPS) is 11.9. The van der Waals surface area contributed by atoms with Gasteiger partial charge in [-0.1, -0.05) is 18.2 Å². The number of nitrogen functional groups attached to an aromatic ring is 1. The Bertz CT molecular complexity index is 1950. The fourth-order valence-electron chi connectivity index (χ4n) is 4.40. The average molecular weight is 515 g/mol. The molecule has 0 unspecified atom stereocenters. The number of aromatic nitrogens is 5. The van der Waals surface area contributed by atoms with Crippen molar-refractivity contribution in [1.82, 2.24) is 23.7 Å². The first-order valence-corrected chi connectivity index (χ1v) is 12.6. The van der Waals surface area contributed by atoms with E-state index in [1.807, 2.05) is 6.92 Å². The number of carbonyl (C=O) groups excluding carboxylic acids is 1. The van der Waals surface area contributed by atoms with E-state index in [4.69, 9.17) is 5.73 Å². The molecule has 0 amide bonds. The first kappa shape index (κ1) is 22.7. The van der Waals surface area contributed by atoms with Crippen molar-refractivity contribution in [2.45, 2.75) is 11.8 Å². The van der Waals surface area contributed by atoms with E-state index < -0.39 is 21.6 Å². The van der Waals surface area contributed by atoms with Gasteiger partial charge in [-0.3, -0.25) is 4.79 Å². The van der Waals surface area contributed by atoms with Crippen molar-refractivity contribution in [3.05, 3.63) is 102 Å². The molecule has 6 aromatic rings. The van der Waals surface area contributed by atoms with Gasteiger partial charge in [-0.2, -0.15) is 5.10 Å². The number of aromatic amines is 1. The molecule has 3 N–H and O–H groups in total. The number of benzene rings is 3. The monoisotopic (exact) mass is 514 g/mol. The minimum atomic E-state index is -4.25. The summed E-state index contributed by atoms with van der Waals surface area (Å²) < 4.78 is 43.7. The number of nitrogens with zero attached hydrogens (tertiary/aromatic N) is 4. The van der Waals surface area contributed by atoms with Crippen LogP contribution in [-0.4, -0.2) is 37.9 Å². The number of hydrogen-bond acceptors (Lipinski definition) is 6. The summed E-state index contributed by atoms with van der Waals surface area (Å²) >= 11 is 0. The van der Waals surface area contributed by atoms with Crippen molar-refractivity contribution >= 4 is 43.6 Å². The van der Waals surface area contributed by atoms with E-state index in [0.717, 1.165) is 26.9 Å². The molecule has 0 radical (unpaired) electrons. The highest BCUT2D eigenvalue weighted by Gasteiger charge is 2.29. The van der Waals surface area contributed by atoms with Crippen LogP contribution in [0.15, 0.2) is 83.9 Å². The van der Waals surface area contributed by atoms with Crippen LogP contribution in [0, 0.1) is 12.7 Å². The zero-order chi connectivity index (χ0) is 25.9. The van der Waals surface area contributed by atoms with Gasteiger partial charge in [-0.15, -0.1) is 0 Å². The number of halogens is 1. The SMILES string of the molecule is Cc1nc2ccc(-n3ncc(C(=O)c4cc5ccc(F)cc5n4S(=O)(=O)c4ccccc4)c3N)cc2[nH]1. The summed E-state index contributed by atoms with van der Waals surface area (Å²) in [6.45, 7) is 1.84. The van der Waals surface area contributed by atoms with Crippen LogP contribution in [-0.2, 0) is 10.0 Å². The quantitative estimate of drug-likeness (QED) is 0.332. The van der Waals surface area contributed by atoms with Gasteiger partial charge in [0.05, 0.1) is 38.9 Å². The van der Waals surface area contributed by atoms with Crippen LogP contribution in [0.3, 0.4) is 0 Å². The van der Waals surface area contributed by atoms with Gasteiger partial charge in [0.1, 0.15) is 23.2 Å². The van der Waals surface area contributed by atoms with Gasteiger partial charge in [-0.25, -0.2) is 26.4 Å². The third-order valence-electron chi connectivity index (χ3n) is 6.12. The van der Waals surface area contributed by atoms with Crippen molar-refractivity contribution in [3.8, 4) is 5.69 Å². The number of aryl methyl sites for hydroxylation is 1. The number of imidazole rings is 1. The molecule has 11 heteroatoms. The lowest BCUT2D eigenvalue weighted by Crippen LogP contribution is -2.19. The maximum absolute atomic E-state index is 14.2. The van der Waals surface area contributed by atoms with Crippen LogP contribution in [0.4, 0.5) is 10.2 Å². The lowest BCUT2D eigenvalue weighted by molar-refractivity contribution is 0.103. The molecule has 3 aromatic carbocycles. The largest absolute Gasteiger partial charge is 0.383 e. The second-order valence-electron chi connectivity index (χ2n) is 8.52. The zero-order valence-electron chi connectivity index (χ0n) is 19.4. The number of ketones is 1. The molecule has 0 bridgehead atoms. The predicted molar refractivity (Wildman–Crippen MR) is 137 cm³/mol. The number of hydrogen-bond donors (Lipinski definition) is 2. The van der Waals surface area contributed by atoms with Crippen molar-refractivity contribution < 1.29 is 17.6 Å². The lowest BCUT2D eigenvalue weighted by Gasteiger charge is -2.11. The summed E-state index contributed by atoms with van der Waals surface area (Å²) in [6.07, 6.45) is 1.29. The van der Waals surface area contributed by atoms with E-state index in [2.05, 4.69) is 15.1 Å². The number of H-pyrrole nitrogens is 1. The Morgan fingerprint density at radius 2 is 1.81 bits per heavy atom. The summed E-state index contributed by atoms with van der Waals surface area (Å²) in [4.78, 5) is 21.2. The molecule has 0 saturated heterocycles. The molecule has 3 aromatic heterocycles. The maximum atomic E-state index is 14.2. The highest BCUT2D eigenvalue weighted by atomic mass is 32.2. The van der Waals surface area contributed by atoms with Crippen molar-refractivity contribution in [1.29, 1.82) is 0 Å². The number of anilines is 1. The highest BCUT2D eigenvalue weighted by Crippen LogP contribution is 2.30. The van der Waals surface area contributed by atoms with Crippen LogP contribution in [0.5, 0.6) is 0 Å². The second-order valence-corrected chi connectivity index (χ2v) is 10.3. The standard InChI is InChI=1S/C26H19FN6O3S/c1-15-30-21-10-9-18(13-22(21)31-15)32-26(28)20(14-29-32)25(34)24-11-16-7-8-17(27)12-23(16)33(24)37(35,36)19-5-3-2-4-6-19/h2-14H,28H2,1H3,(H,30,31). The van der Waals surface area contributed by atoms with Gasteiger partial charge in [0, 0.05) is 5.39 Å². The Morgan fingerprint density at radius 3 is 2.59 bits per heavy atom. The summed E-state index contributed by atoms with van der Waals surface area (Å²) in [5.74, 6) is -0.523. The van der Waals surface area contributed by atoms with Gasteiger partial charge in [0.15, 0.2) is 0 Å². The molecule has 0 saturated carbocycles. The first-order valence-electron chi connectivity index (χ1n) is 11.2. The van der Waals surface area contributed by atoms with Gasteiger partial charge >= 0.3 is 0 Å². The molecule has 0 spiro atoms. The van der Waals surface area contributed by atoms with Crippen LogP contribution in [0.1, 0.15) is 21.9 Å². The van der Waals surface area contributed by atoms with E-state index in [0.29, 0.717) is 11.1 Å². The van der Waals surface area contributed by atoms with Gasteiger partial charge in [0.2, 0.25) is 5.78 Å². The third kappa shape index (κ3) is 3.59. The number of rotatable bonds is 5. The predicted octanol–water partition coefficient (Wildman–Crippen LogP) is 4.20. The Balaban J connectivity index is 1.51. The first-order chi connectivity index (χ1) is 17.7. The molecule has 0 aliphatic carbocycles. The van der Waals surface area contributed by atoms with E-state index in [9.17, 15) is 17.6 Å². The summed E-state index contributed by atoms with van der Waals surface area (Å²) in [5.41, 5.74) is 8.34. The van der Waals surface area contributed by atoms with Crippen molar-refractivity contribution in [2.24, 2.45) is 0 Å². The summed E-state index contributed by atoms with van der Waals surface area (Å²) in [6, 6.07) is 18.1. The lowest BCUT2D eigenvalue weighted by atomic mass is 10.1. The van der Waals surface area contributed by atoms with Crippen LogP contribution in [0.2, 0.25) is 0 Å². The van der Waals surface area contributed by atoms with Gasteiger partial charge in [-0.05, 0) is 61.5 Å². The minimum Gasteiger partial charge on any atom is -0.383 e. The second kappa shape index (κ2) is 8.14. The average Bonchev–Trinajstić information content (AvgIpc) is 3.57. The summed E-state index contributed by atoms with van der Waals surface area (Å²) in [5, 5.41) is 4.67. The van der Waals surface area contributed by atoms with Crippen molar-refractivity contribution in [2.75, 3.05) is 5.73 Å². The Morgan fingerprint density at radius 1 is 1.03 bits per heavy atom. The molecule has 184 valence electrons. The molecule has 0 atom stereocenters. The molecule has 0 aliphatic heterocycles. The smallest absolute Gasteiger partial charge is 0.268 e. The van der Waals surface area contributed by atoms with Crippen LogP contribution < -0.4 is 5.73 Å². The third-order valence-corrected chi connectivity index (χ3v) is 7.86. The van der Waals surface area contributed by atoms with E-state index in [1.54, 1.807) is 36.4 Å².